The number of thioether (sulfide) groups is 1. The van der Waals surface area contributed by atoms with E-state index in [0.29, 0.717) is 5.75 Å². The zero-order valence-corrected chi connectivity index (χ0v) is 22.1. The molecule has 2 aromatic carbocycles. The number of rotatable bonds is 6. The van der Waals surface area contributed by atoms with Crippen molar-refractivity contribution in [2.24, 2.45) is 0 Å². The summed E-state index contributed by atoms with van der Waals surface area (Å²) in [5, 5.41) is 9.22. The van der Waals surface area contributed by atoms with E-state index in [1.807, 2.05) is 13.8 Å². The van der Waals surface area contributed by atoms with Crippen LogP contribution in [-0.4, -0.2) is 90.0 Å². The Kier molecular flexibility index (Phi) is 7.89. The topological polar surface area (TPSA) is 93.2 Å². The molecule has 1 amide bonds. The number of carbonyl (C=O) groups is 1. The molecule has 2 heterocycles. The predicted octanol–water partition coefficient (Wildman–Crippen LogP) is 2.49. The van der Waals surface area contributed by atoms with E-state index < -0.39 is 26.7 Å². The van der Waals surface area contributed by atoms with Crippen LogP contribution in [0, 0.1) is 0 Å². The fraction of sp³-hybridized carbons (Fsp3) is 0.480. The summed E-state index contributed by atoms with van der Waals surface area (Å²) in [6.45, 7) is 9.08. The number of hydrogen-bond donors (Lipinski definition) is 2. The Morgan fingerprint density at radius 3 is 2.14 bits per heavy atom. The molecule has 0 aliphatic carbocycles. The van der Waals surface area contributed by atoms with E-state index >= 15 is 0 Å². The van der Waals surface area contributed by atoms with Gasteiger partial charge in [-0.05, 0) is 49.7 Å². The minimum Gasteiger partial charge on any atom is -0.304 e. The molecule has 0 spiro atoms. The molecule has 10 heteroatoms. The Morgan fingerprint density at radius 1 is 1.00 bits per heavy atom. The largest absolute Gasteiger partial charge is 0.304 e. The van der Waals surface area contributed by atoms with Gasteiger partial charge in [-0.2, -0.15) is 16.1 Å². The first-order valence-corrected chi connectivity index (χ1v) is 14.2. The van der Waals surface area contributed by atoms with Crippen molar-refractivity contribution < 1.29 is 18.4 Å². The van der Waals surface area contributed by atoms with Crippen LogP contribution in [-0.2, 0) is 21.4 Å². The summed E-state index contributed by atoms with van der Waals surface area (Å²) >= 11 is 1.52. The van der Waals surface area contributed by atoms with Crippen LogP contribution in [0.3, 0.4) is 0 Å². The molecular weight excluding hydrogens is 484 g/mol. The highest BCUT2D eigenvalue weighted by Gasteiger charge is 2.48. The third-order valence-electron chi connectivity index (χ3n) is 6.84. The smallest absolute Gasteiger partial charge is 0.263 e. The first-order chi connectivity index (χ1) is 16.6. The molecule has 2 fully saturated rings. The number of hydrogen-bond acceptors (Lipinski definition) is 7. The molecule has 2 aliphatic rings. The number of benzene rings is 2. The first kappa shape index (κ1) is 26.1. The van der Waals surface area contributed by atoms with E-state index in [0.717, 1.165) is 43.9 Å². The first-order valence-electron chi connectivity index (χ1n) is 11.8. The minimum atomic E-state index is -3.92. The Hall–Kier alpha value is -1.95. The Bertz CT molecular complexity index is 1130. The van der Waals surface area contributed by atoms with E-state index in [4.69, 9.17) is 0 Å². The van der Waals surface area contributed by atoms with Crippen LogP contribution in [0.5, 0.6) is 0 Å². The average molecular weight is 519 g/mol. The van der Waals surface area contributed by atoms with Gasteiger partial charge in [-0.25, -0.2) is 13.9 Å². The Labute approximate surface area is 212 Å². The molecule has 4 rings (SSSR count). The minimum absolute atomic E-state index is 0.131. The van der Waals surface area contributed by atoms with Gasteiger partial charge in [-0.1, -0.05) is 36.4 Å². The van der Waals surface area contributed by atoms with Gasteiger partial charge in [0.1, 0.15) is 6.04 Å². The number of piperazine rings is 1. The lowest BCUT2D eigenvalue weighted by Gasteiger charge is -2.43. The number of nitrogens with one attached hydrogen (secondary N) is 1. The number of sulfonamides is 1. The van der Waals surface area contributed by atoms with E-state index in [1.54, 1.807) is 29.7 Å². The molecule has 190 valence electrons. The number of likely N-dealkylation sites (N-methyl/N-ethyl adjacent to an activating group) is 1. The molecule has 8 nitrogen and oxygen atoms in total. The summed E-state index contributed by atoms with van der Waals surface area (Å²) < 4.78 is 27.4. The molecule has 2 aromatic rings. The van der Waals surface area contributed by atoms with Crippen molar-refractivity contribution in [2.45, 2.75) is 36.1 Å². The molecule has 35 heavy (non-hydrogen) atoms. The van der Waals surface area contributed by atoms with E-state index in [-0.39, 0.29) is 11.4 Å². The number of amides is 1. The van der Waals surface area contributed by atoms with Crippen molar-refractivity contribution in [3.8, 4) is 11.1 Å². The molecule has 0 radical (unpaired) electrons. The maximum atomic E-state index is 13.5. The van der Waals surface area contributed by atoms with Gasteiger partial charge < -0.3 is 4.90 Å². The second-order valence-corrected chi connectivity index (χ2v) is 13.4. The molecule has 0 unspecified atom stereocenters. The number of nitrogens with zero attached hydrogens (tertiary/aromatic N) is 3. The summed E-state index contributed by atoms with van der Waals surface area (Å²) in [5.74, 6) is -0.154. The highest BCUT2D eigenvalue weighted by molar-refractivity contribution is 8.00. The molecule has 2 N–H and O–H groups in total. The quantitative estimate of drug-likeness (QED) is 0.448. The van der Waals surface area contributed by atoms with Crippen molar-refractivity contribution >= 4 is 27.7 Å². The second-order valence-electron chi connectivity index (χ2n) is 9.75. The van der Waals surface area contributed by atoms with Crippen LogP contribution in [0.1, 0.15) is 19.4 Å². The van der Waals surface area contributed by atoms with Gasteiger partial charge >= 0.3 is 0 Å². The van der Waals surface area contributed by atoms with Crippen molar-refractivity contribution in [3.63, 3.8) is 0 Å². The molecule has 2 aliphatic heterocycles. The molecule has 0 saturated carbocycles. The van der Waals surface area contributed by atoms with Crippen molar-refractivity contribution in [1.82, 2.24) is 19.6 Å². The van der Waals surface area contributed by atoms with Crippen LogP contribution < -0.4 is 5.48 Å². The van der Waals surface area contributed by atoms with Crippen LogP contribution >= 0.6 is 11.8 Å². The summed E-state index contributed by atoms with van der Waals surface area (Å²) in [4.78, 5) is 17.3. The third kappa shape index (κ3) is 5.73. The van der Waals surface area contributed by atoms with Gasteiger partial charge in [0, 0.05) is 49.8 Å². The van der Waals surface area contributed by atoms with Gasteiger partial charge in [-0.15, -0.1) is 0 Å². The standard InChI is InChI=1S/C25H34N4O4S2/c1-25(2)23(24(30)26-31)29(16-17-34-25)35(32,33)22-10-8-21(9-11-22)20-6-4-19(5-7-20)18-28-14-12-27(3)13-15-28/h4-11,23,31H,12-18H2,1-3H3,(H,26,30)/t23-/m0/s1. The number of carbonyl (C=O) groups excluding carboxylic acids is 1. The van der Waals surface area contributed by atoms with Gasteiger partial charge in [0.2, 0.25) is 10.0 Å². The average Bonchev–Trinajstić information content (AvgIpc) is 2.85. The molecule has 0 bridgehead atoms. The Balaban J connectivity index is 1.49. The fourth-order valence-electron chi connectivity index (χ4n) is 4.74. The summed E-state index contributed by atoms with van der Waals surface area (Å²) in [6, 6.07) is 14.2. The molecule has 0 aromatic heterocycles. The maximum absolute atomic E-state index is 13.5. The number of hydroxylamine groups is 1. The van der Waals surface area contributed by atoms with Crippen LogP contribution in [0.15, 0.2) is 53.4 Å². The highest BCUT2D eigenvalue weighted by Crippen LogP contribution is 2.38. The molecule has 2 saturated heterocycles. The van der Waals surface area contributed by atoms with Crippen molar-refractivity contribution in [2.75, 3.05) is 45.5 Å². The summed E-state index contributed by atoms with van der Waals surface area (Å²) in [5.41, 5.74) is 4.85. The zero-order valence-electron chi connectivity index (χ0n) is 20.5. The van der Waals surface area contributed by atoms with E-state index in [2.05, 4.69) is 41.1 Å². The monoisotopic (exact) mass is 518 g/mol. The zero-order chi connectivity index (χ0) is 25.2. The molecule has 1 atom stereocenters. The molecular formula is C25H34N4O4S2. The summed E-state index contributed by atoms with van der Waals surface area (Å²) in [6.07, 6.45) is 0. The van der Waals surface area contributed by atoms with Crippen molar-refractivity contribution in [1.29, 1.82) is 0 Å². The predicted molar refractivity (Wildman–Crippen MR) is 139 cm³/mol. The highest BCUT2D eigenvalue weighted by atomic mass is 32.2. The summed E-state index contributed by atoms with van der Waals surface area (Å²) in [7, 11) is -1.77. The van der Waals surface area contributed by atoms with Crippen LogP contribution in [0.2, 0.25) is 0 Å². The van der Waals surface area contributed by atoms with Crippen LogP contribution in [0.25, 0.3) is 11.1 Å². The van der Waals surface area contributed by atoms with E-state index in [9.17, 15) is 18.4 Å². The SMILES string of the molecule is CN1CCN(Cc2ccc(-c3ccc(S(=O)(=O)N4CCSC(C)(C)[C@@H]4C(=O)NO)cc3)cc2)CC1. The lowest BCUT2D eigenvalue weighted by atomic mass is 10.0. The van der Waals surface area contributed by atoms with E-state index in [1.165, 1.54) is 21.6 Å². The van der Waals surface area contributed by atoms with Gasteiger partial charge in [-0.3, -0.25) is 14.9 Å². The van der Waals surface area contributed by atoms with Crippen LogP contribution in [0.4, 0.5) is 0 Å². The maximum Gasteiger partial charge on any atom is 0.263 e. The van der Waals surface area contributed by atoms with Crippen molar-refractivity contribution in [3.05, 3.63) is 54.1 Å². The van der Waals surface area contributed by atoms with Gasteiger partial charge in [0.25, 0.3) is 5.91 Å². The lowest BCUT2D eigenvalue weighted by Crippen LogP contribution is -2.61. The lowest BCUT2D eigenvalue weighted by molar-refractivity contribution is -0.134. The fourth-order valence-corrected chi connectivity index (χ4v) is 7.85. The normalized spacial score (nSPS) is 22.1. The van der Waals surface area contributed by atoms with Gasteiger partial charge in [0.15, 0.2) is 0 Å². The third-order valence-corrected chi connectivity index (χ3v) is 10.1. The van der Waals surface area contributed by atoms with Gasteiger partial charge in [0.05, 0.1) is 4.90 Å². The second kappa shape index (κ2) is 10.6. The Morgan fingerprint density at radius 2 is 1.57 bits per heavy atom.